The van der Waals surface area contributed by atoms with Gasteiger partial charge in [0.05, 0.1) is 5.56 Å². The van der Waals surface area contributed by atoms with Crippen LogP contribution in [0.3, 0.4) is 0 Å². The average Bonchev–Trinajstić information content (AvgIpc) is 2.75. The number of nitrogens with one attached hydrogen (secondary N) is 2. The molecule has 0 unspecified atom stereocenters. The van der Waals surface area contributed by atoms with Crippen molar-refractivity contribution in [3.63, 3.8) is 0 Å². The fourth-order valence-corrected chi connectivity index (χ4v) is 2.36. The Bertz CT molecular complexity index is 741. The van der Waals surface area contributed by atoms with Crippen LogP contribution in [0.5, 0.6) is 0 Å². The van der Waals surface area contributed by atoms with Crippen LogP contribution in [0, 0.1) is 18.3 Å². The highest BCUT2D eigenvalue weighted by Crippen LogP contribution is 2.27. The van der Waals surface area contributed by atoms with Gasteiger partial charge in [0.15, 0.2) is 0 Å². The van der Waals surface area contributed by atoms with Crippen molar-refractivity contribution in [1.29, 1.82) is 5.26 Å². The Hall–Kier alpha value is -2.81. The molecule has 1 atom stereocenters. The van der Waals surface area contributed by atoms with Gasteiger partial charge < -0.3 is 15.2 Å². The van der Waals surface area contributed by atoms with E-state index in [1.807, 2.05) is 14.0 Å². The van der Waals surface area contributed by atoms with E-state index in [9.17, 15) is 4.79 Å². The van der Waals surface area contributed by atoms with Crippen LogP contribution in [0.4, 0.5) is 5.82 Å². The predicted octanol–water partition coefficient (Wildman–Crippen LogP) is 1.45. The number of carbonyl (C=O) groups excluding carboxylic acids is 1. The lowest BCUT2D eigenvalue weighted by Crippen LogP contribution is -2.39. The van der Waals surface area contributed by atoms with E-state index < -0.39 is 0 Å². The van der Waals surface area contributed by atoms with E-state index in [1.54, 1.807) is 29.0 Å². The van der Waals surface area contributed by atoms with Gasteiger partial charge in [-0.05, 0) is 25.1 Å². The smallest absolute Gasteiger partial charge is 0.256 e. The van der Waals surface area contributed by atoms with Gasteiger partial charge in [0.2, 0.25) is 0 Å². The van der Waals surface area contributed by atoms with Crippen molar-refractivity contribution in [2.45, 2.75) is 13.1 Å². The van der Waals surface area contributed by atoms with Crippen LogP contribution in [0.15, 0.2) is 24.4 Å². The molecule has 2 N–H and O–H groups in total. The first-order valence-corrected chi connectivity index (χ1v) is 6.20. The van der Waals surface area contributed by atoms with Gasteiger partial charge in [-0.25, -0.2) is 4.98 Å². The number of amides is 1. The number of nitrogens with zero attached hydrogens (tertiary/aromatic N) is 3. The molecule has 0 aromatic carbocycles. The number of fused-ring (bicyclic) bond motifs is 1. The summed E-state index contributed by atoms with van der Waals surface area (Å²) in [6.45, 7) is 1.91. The summed E-state index contributed by atoms with van der Waals surface area (Å²) in [6, 6.07) is 7.36. The van der Waals surface area contributed by atoms with Crippen molar-refractivity contribution in [2.24, 2.45) is 7.05 Å². The summed E-state index contributed by atoms with van der Waals surface area (Å²) in [6.07, 6.45) is 1.26. The molecule has 0 fully saturated rings. The van der Waals surface area contributed by atoms with Crippen molar-refractivity contribution in [3.05, 3.63) is 46.9 Å². The summed E-state index contributed by atoms with van der Waals surface area (Å²) < 4.78 is 1.80. The third-order valence-electron chi connectivity index (χ3n) is 3.61. The largest absolute Gasteiger partial charge is 0.346 e. The number of pyridine rings is 1. The number of hydrogen-bond acceptors (Lipinski definition) is 4. The zero-order valence-corrected chi connectivity index (χ0v) is 11.1. The highest BCUT2D eigenvalue weighted by atomic mass is 16.2. The van der Waals surface area contributed by atoms with Gasteiger partial charge in [-0.2, -0.15) is 5.26 Å². The second kappa shape index (κ2) is 4.38. The fraction of sp³-hybridized carbons (Fsp3) is 0.214. The zero-order valence-electron chi connectivity index (χ0n) is 11.1. The Morgan fingerprint density at radius 3 is 2.95 bits per heavy atom. The molecule has 1 aliphatic rings. The van der Waals surface area contributed by atoms with Gasteiger partial charge in [0, 0.05) is 24.5 Å². The molecule has 2 aromatic heterocycles. The Balaban J connectivity index is 2.03. The van der Waals surface area contributed by atoms with Crippen LogP contribution in [0.1, 0.15) is 33.5 Å². The molecule has 0 saturated heterocycles. The molecule has 6 nitrogen and oxygen atoms in total. The van der Waals surface area contributed by atoms with E-state index in [1.165, 1.54) is 0 Å². The Morgan fingerprint density at radius 1 is 1.45 bits per heavy atom. The standard InChI is InChI=1S/C14H13N5O/c1-8-11(6-9(7-15)19(8)2)13-17-12-10(14(20)18-13)4-3-5-16-12/h3-6,13H,1-2H3,(H,16,17)(H,18,20)/t13-/m1/s1. The quantitative estimate of drug-likeness (QED) is 0.819. The van der Waals surface area contributed by atoms with Gasteiger partial charge in [0.1, 0.15) is 23.7 Å². The van der Waals surface area contributed by atoms with Crippen molar-refractivity contribution < 1.29 is 4.79 Å². The average molecular weight is 267 g/mol. The molecule has 0 bridgehead atoms. The lowest BCUT2D eigenvalue weighted by Gasteiger charge is -2.27. The highest BCUT2D eigenvalue weighted by molar-refractivity contribution is 6.00. The Kier molecular flexibility index (Phi) is 2.68. The maximum absolute atomic E-state index is 12.1. The van der Waals surface area contributed by atoms with Gasteiger partial charge in [-0.3, -0.25) is 4.79 Å². The topological polar surface area (TPSA) is 82.7 Å². The fourth-order valence-electron chi connectivity index (χ4n) is 2.36. The van der Waals surface area contributed by atoms with Crippen LogP contribution in [-0.4, -0.2) is 15.5 Å². The minimum atomic E-state index is -0.377. The number of hydrogen-bond donors (Lipinski definition) is 2. The lowest BCUT2D eigenvalue weighted by molar-refractivity contribution is 0.0935. The molecular formula is C14H13N5O. The normalized spacial score (nSPS) is 16.9. The SMILES string of the molecule is Cc1c([C@H]2NC(=O)c3cccnc3N2)cc(C#N)n1C. The minimum absolute atomic E-state index is 0.168. The molecule has 1 amide bonds. The number of anilines is 1. The second-order valence-corrected chi connectivity index (χ2v) is 4.69. The minimum Gasteiger partial charge on any atom is -0.346 e. The molecule has 20 heavy (non-hydrogen) atoms. The molecule has 0 spiro atoms. The number of nitriles is 1. The molecule has 2 aromatic rings. The van der Waals surface area contributed by atoms with Crippen molar-refractivity contribution in [2.75, 3.05) is 5.32 Å². The van der Waals surface area contributed by atoms with Crippen LogP contribution in [-0.2, 0) is 7.05 Å². The van der Waals surface area contributed by atoms with Crippen LogP contribution < -0.4 is 10.6 Å². The summed E-state index contributed by atoms with van der Waals surface area (Å²) in [5.41, 5.74) is 2.88. The first-order chi connectivity index (χ1) is 9.61. The maximum atomic E-state index is 12.1. The van der Waals surface area contributed by atoms with Gasteiger partial charge in [-0.1, -0.05) is 0 Å². The highest BCUT2D eigenvalue weighted by Gasteiger charge is 2.27. The molecule has 1 aliphatic heterocycles. The summed E-state index contributed by atoms with van der Waals surface area (Å²) in [4.78, 5) is 16.3. The molecule has 6 heteroatoms. The maximum Gasteiger partial charge on any atom is 0.256 e. The first kappa shape index (κ1) is 12.2. The number of carbonyl (C=O) groups is 1. The van der Waals surface area contributed by atoms with Crippen LogP contribution >= 0.6 is 0 Å². The summed E-state index contributed by atoms with van der Waals surface area (Å²) >= 11 is 0. The summed E-state index contributed by atoms with van der Waals surface area (Å²) in [5, 5.41) is 15.1. The molecule has 0 radical (unpaired) electrons. The van der Waals surface area contributed by atoms with Gasteiger partial charge in [-0.15, -0.1) is 0 Å². The van der Waals surface area contributed by atoms with Crippen molar-refractivity contribution in [3.8, 4) is 6.07 Å². The van der Waals surface area contributed by atoms with Crippen LogP contribution in [0.2, 0.25) is 0 Å². The monoisotopic (exact) mass is 267 g/mol. The third kappa shape index (κ3) is 1.72. The Morgan fingerprint density at radius 2 is 2.25 bits per heavy atom. The lowest BCUT2D eigenvalue weighted by atomic mass is 10.1. The summed E-state index contributed by atoms with van der Waals surface area (Å²) in [7, 11) is 1.83. The molecular weight excluding hydrogens is 254 g/mol. The van der Waals surface area contributed by atoms with Crippen molar-refractivity contribution >= 4 is 11.7 Å². The van der Waals surface area contributed by atoms with E-state index >= 15 is 0 Å². The summed E-state index contributed by atoms with van der Waals surface area (Å²) in [5.74, 6) is 0.390. The van der Waals surface area contributed by atoms with Gasteiger partial charge in [0.25, 0.3) is 5.91 Å². The second-order valence-electron chi connectivity index (χ2n) is 4.69. The molecule has 3 heterocycles. The van der Waals surface area contributed by atoms with E-state index in [2.05, 4.69) is 21.7 Å². The zero-order chi connectivity index (χ0) is 14.3. The molecule has 0 aliphatic carbocycles. The molecule has 0 saturated carbocycles. The molecule has 3 rings (SSSR count). The number of rotatable bonds is 1. The van der Waals surface area contributed by atoms with E-state index in [4.69, 9.17) is 5.26 Å². The first-order valence-electron chi connectivity index (χ1n) is 6.20. The van der Waals surface area contributed by atoms with E-state index in [-0.39, 0.29) is 12.1 Å². The third-order valence-corrected chi connectivity index (χ3v) is 3.61. The van der Waals surface area contributed by atoms with Crippen LogP contribution in [0.25, 0.3) is 0 Å². The van der Waals surface area contributed by atoms with Gasteiger partial charge >= 0.3 is 0 Å². The van der Waals surface area contributed by atoms with Crippen molar-refractivity contribution in [1.82, 2.24) is 14.9 Å². The Labute approximate surface area is 116 Å². The predicted molar refractivity (Wildman–Crippen MR) is 72.9 cm³/mol. The van der Waals surface area contributed by atoms with E-state index in [0.717, 1.165) is 11.3 Å². The van der Waals surface area contributed by atoms with E-state index in [0.29, 0.717) is 17.1 Å². The molecule has 100 valence electrons. The number of aromatic nitrogens is 2.